The van der Waals surface area contributed by atoms with Gasteiger partial charge in [-0.25, -0.2) is 0 Å². The fourth-order valence-electron chi connectivity index (χ4n) is 2.08. The fourth-order valence-corrected chi connectivity index (χ4v) is 3.53. The van der Waals surface area contributed by atoms with Gasteiger partial charge in [0.1, 0.15) is 0 Å². The highest BCUT2D eigenvalue weighted by Gasteiger charge is 2.40. The summed E-state index contributed by atoms with van der Waals surface area (Å²) in [6.07, 6.45) is 3.73. The Kier molecular flexibility index (Phi) is 2.12. The van der Waals surface area contributed by atoms with Gasteiger partial charge in [-0.15, -0.1) is 0 Å². The molecule has 2 rings (SSSR count). The Bertz CT molecular complexity index is 145. The first-order valence-corrected chi connectivity index (χ1v) is 5.46. The van der Waals surface area contributed by atoms with Gasteiger partial charge in [-0.05, 0) is 25.0 Å². The van der Waals surface area contributed by atoms with Crippen LogP contribution in [-0.4, -0.2) is 34.8 Å². The SMILES string of the molecule is OCC1CCC2(CCSC2)N1. The van der Waals surface area contributed by atoms with Gasteiger partial charge >= 0.3 is 0 Å². The zero-order chi connectivity index (χ0) is 7.73. The summed E-state index contributed by atoms with van der Waals surface area (Å²) in [6, 6.07) is 0.383. The van der Waals surface area contributed by atoms with E-state index in [1.807, 2.05) is 11.8 Å². The van der Waals surface area contributed by atoms with Gasteiger partial charge in [0.25, 0.3) is 0 Å². The van der Waals surface area contributed by atoms with Crippen LogP contribution >= 0.6 is 11.8 Å². The Hall–Kier alpha value is 0.270. The first kappa shape index (κ1) is 7.90. The van der Waals surface area contributed by atoms with Crippen molar-refractivity contribution in [3.05, 3.63) is 0 Å². The number of hydrogen-bond acceptors (Lipinski definition) is 3. The molecule has 0 aromatic heterocycles. The molecule has 2 nitrogen and oxygen atoms in total. The molecule has 0 aromatic carbocycles. The van der Waals surface area contributed by atoms with E-state index in [4.69, 9.17) is 5.11 Å². The summed E-state index contributed by atoms with van der Waals surface area (Å²) in [5.41, 5.74) is 0.415. The van der Waals surface area contributed by atoms with E-state index in [0.717, 1.165) is 6.42 Å². The van der Waals surface area contributed by atoms with E-state index in [-0.39, 0.29) is 0 Å². The summed E-state index contributed by atoms with van der Waals surface area (Å²) in [7, 11) is 0. The summed E-state index contributed by atoms with van der Waals surface area (Å²) in [5.74, 6) is 2.55. The van der Waals surface area contributed by atoms with Crippen LogP contribution in [0.15, 0.2) is 0 Å². The first-order valence-electron chi connectivity index (χ1n) is 4.31. The molecular weight excluding hydrogens is 158 g/mol. The van der Waals surface area contributed by atoms with Crippen LogP contribution in [0, 0.1) is 0 Å². The van der Waals surface area contributed by atoms with Crippen molar-refractivity contribution >= 4 is 11.8 Å². The van der Waals surface area contributed by atoms with E-state index in [2.05, 4.69) is 5.32 Å². The molecule has 0 radical (unpaired) electrons. The maximum atomic E-state index is 8.94. The van der Waals surface area contributed by atoms with Gasteiger partial charge < -0.3 is 10.4 Å². The number of rotatable bonds is 1. The van der Waals surface area contributed by atoms with Crippen molar-refractivity contribution in [1.29, 1.82) is 0 Å². The minimum Gasteiger partial charge on any atom is -0.395 e. The number of aliphatic hydroxyl groups is 1. The van der Waals surface area contributed by atoms with Gasteiger partial charge in [-0.3, -0.25) is 0 Å². The third-order valence-electron chi connectivity index (χ3n) is 2.81. The topological polar surface area (TPSA) is 32.3 Å². The van der Waals surface area contributed by atoms with E-state index in [0.29, 0.717) is 18.2 Å². The number of hydrogen-bond donors (Lipinski definition) is 2. The molecule has 3 heteroatoms. The van der Waals surface area contributed by atoms with Crippen LogP contribution in [0.2, 0.25) is 0 Å². The quantitative estimate of drug-likeness (QED) is 0.609. The first-order chi connectivity index (χ1) is 5.35. The number of nitrogens with one attached hydrogen (secondary N) is 1. The van der Waals surface area contributed by atoms with E-state index in [9.17, 15) is 0 Å². The van der Waals surface area contributed by atoms with Crippen LogP contribution < -0.4 is 5.32 Å². The molecule has 0 aromatic rings. The lowest BCUT2D eigenvalue weighted by Crippen LogP contribution is -2.44. The van der Waals surface area contributed by atoms with Gasteiger partial charge in [0, 0.05) is 17.3 Å². The predicted octanol–water partition coefficient (Wildman–Crippen LogP) is 0.606. The van der Waals surface area contributed by atoms with Crippen molar-refractivity contribution in [2.75, 3.05) is 18.1 Å². The molecule has 64 valence electrons. The highest BCUT2D eigenvalue weighted by molar-refractivity contribution is 7.99. The summed E-state index contributed by atoms with van der Waals surface area (Å²) < 4.78 is 0. The van der Waals surface area contributed by atoms with E-state index in [1.54, 1.807) is 0 Å². The minimum atomic E-state index is 0.312. The van der Waals surface area contributed by atoms with E-state index in [1.165, 1.54) is 24.3 Å². The average Bonchev–Trinajstić information content (AvgIpc) is 2.62. The highest BCUT2D eigenvalue weighted by atomic mass is 32.2. The molecule has 11 heavy (non-hydrogen) atoms. The second-order valence-corrected chi connectivity index (χ2v) is 4.75. The zero-order valence-electron chi connectivity index (χ0n) is 6.68. The molecule has 0 bridgehead atoms. The van der Waals surface area contributed by atoms with Crippen LogP contribution in [-0.2, 0) is 0 Å². The molecule has 2 heterocycles. The largest absolute Gasteiger partial charge is 0.395 e. The molecule has 1 spiro atoms. The zero-order valence-corrected chi connectivity index (χ0v) is 7.49. The van der Waals surface area contributed by atoms with Gasteiger partial charge in [-0.2, -0.15) is 11.8 Å². The Balaban J connectivity index is 1.96. The molecular formula is C8H15NOS. The van der Waals surface area contributed by atoms with Crippen molar-refractivity contribution in [3.63, 3.8) is 0 Å². The number of aliphatic hydroxyl groups excluding tert-OH is 1. The number of thioether (sulfide) groups is 1. The predicted molar refractivity (Wildman–Crippen MR) is 47.9 cm³/mol. The van der Waals surface area contributed by atoms with Crippen LogP contribution in [0.3, 0.4) is 0 Å². The van der Waals surface area contributed by atoms with Gasteiger partial charge in [0.2, 0.25) is 0 Å². The molecule has 2 fully saturated rings. The fraction of sp³-hybridized carbons (Fsp3) is 1.00. The van der Waals surface area contributed by atoms with Crippen LogP contribution in [0.25, 0.3) is 0 Å². The van der Waals surface area contributed by atoms with Gasteiger partial charge in [-0.1, -0.05) is 0 Å². The Morgan fingerprint density at radius 3 is 3.00 bits per heavy atom. The second-order valence-electron chi connectivity index (χ2n) is 3.65. The average molecular weight is 173 g/mol. The highest BCUT2D eigenvalue weighted by Crippen LogP contribution is 2.36. The second kappa shape index (κ2) is 2.96. The molecule has 2 saturated heterocycles. The molecule has 2 N–H and O–H groups in total. The minimum absolute atomic E-state index is 0.312. The van der Waals surface area contributed by atoms with E-state index >= 15 is 0 Å². The molecule has 2 unspecified atom stereocenters. The van der Waals surface area contributed by atoms with Gasteiger partial charge in [0.15, 0.2) is 0 Å². The Labute approximate surface area is 71.7 Å². The van der Waals surface area contributed by atoms with Crippen molar-refractivity contribution in [2.24, 2.45) is 0 Å². The third kappa shape index (κ3) is 1.42. The molecule has 0 saturated carbocycles. The van der Waals surface area contributed by atoms with Crippen LogP contribution in [0.5, 0.6) is 0 Å². The van der Waals surface area contributed by atoms with Crippen molar-refractivity contribution in [1.82, 2.24) is 5.32 Å². The Morgan fingerprint density at radius 2 is 2.45 bits per heavy atom. The maximum absolute atomic E-state index is 8.94. The molecule has 2 atom stereocenters. The lowest BCUT2D eigenvalue weighted by atomic mass is 9.97. The normalized spacial score (nSPS) is 43.9. The summed E-state index contributed by atoms with van der Waals surface area (Å²) >= 11 is 2.04. The Morgan fingerprint density at radius 1 is 1.55 bits per heavy atom. The van der Waals surface area contributed by atoms with Crippen molar-refractivity contribution < 1.29 is 5.11 Å². The lowest BCUT2D eigenvalue weighted by Gasteiger charge is -2.23. The van der Waals surface area contributed by atoms with Crippen molar-refractivity contribution in [3.8, 4) is 0 Å². The lowest BCUT2D eigenvalue weighted by molar-refractivity contribution is 0.243. The summed E-state index contributed by atoms with van der Waals surface area (Å²) in [5, 5.41) is 12.5. The monoisotopic (exact) mass is 173 g/mol. The summed E-state index contributed by atoms with van der Waals surface area (Å²) in [6.45, 7) is 0.312. The molecule has 0 aliphatic carbocycles. The molecule has 2 aliphatic rings. The van der Waals surface area contributed by atoms with Crippen LogP contribution in [0.4, 0.5) is 0 Å². The summed E-state index contributed by atoms with van der Waals surface area (Å²) in [4.78, 5) is 0. The smallest absolute Gasteiger partial charge is 0.0584 e. The van der Waals surface area contributed by atoms with E-state index < -0.39 is 0 Å². The molecule has 2 aliphatic heterocycles. The van der Waals surface area contributed by atoms with Crippen LogP contribution in [0.1, 0.15) is 19.3 Å². The third-order valence-corrected chi connectivity index (χ3v) is 4.05. The molecule has 0 amide bonds. The standard InChI is InChI=1S/C8H15NOS/c10-5-7-1-2-8(9-7)3-4-11-6-8/h7,9-10H,1-6H2. The van der Waals surface area contributed by atoms with Gasteiger partial charge in [0.05, 0.1) is 6.61 Å². The maximum Gasteiger partial charge on any atom is 0.0584 e. The van der Waals surface area contributed by atoms with Crippen molar-refractivity contribution in [2.45, 2.75) is 30.8 Å².